The van der Waals surface area contributed by atoms with Gasteiger partial charge in [-0.25, -0.2) is 0 Å². The molecule has 1 N–H and O–H groups in total. The molecule has 0 bridgehead atoms. The van der Waals surface area contributed by atoms with Gasteiger partial charge in [-0.05, 0) is 160 Å². The van der Waals surface area contributed by atoms with Crippen LogP contribution in [-0.4, -0.2) is 17.5 Å². The van der Waals surface area contributed by atoms with Gasteiger partial charge in [-0.3, -0.25) is 0 Å². The zero-order chi connectivity index (χ0) is 42.2. The summed E-state index contributed by atoms with van der Waals surface area (Å²) >= 11 is 0. The molecule has 0 saturated heterocycles. The highest BCUT2D eigenvalue weighted by molar-refractivity contribution is 5.24. The van der Waals surface area contributed by atoms with E-state index in [1.165, 1.54) is 103 Å². The predicted molar refractivity (Wildman–Crippen MR) is 244 cm³/mol. The minimum absolute atomic E-state index is 0.0185. The van der Waals surface area contributed by atoms with Gasteiger partial charge in [0.2, 0.25) is 0 Å². The Bertz CT molecular complexity index is 960. The van der Waals surface area contributed by atoms with Gasteiger partial charge in [0, 0.05) is 12.0 Å². The second-order valence-corrected chi connectivity index (χ2v) is 18.2. The molecule has 0 aromatic rings. The lowest BCUT2D eigenvalue weighted by Gasteiger charge is -2.78. The Morgan fingerprint density at radius 1 is 0.296 bits per heavy atom. The van der Waals surface area contributed by atoms with Gasteiger partial charge >= 0.3 is 0 Å². The maximum atomic E-state index is 13.2. The summed E-state index contributed by atoms with van der Waals surface area (Å²) in [6.45, 7) is 48.3. The van der Waals surface area contributed by atoms with Crippen LogP contribution in [-0.2, 0) is 4.74 Å². The minimum Gasteiger partial charge on any atom is -0.365 e. The zero-order valence-electron chi connectivity index (χ0n) is 41.3. The van der Waals surface area contributed by atoms with E-state index in [2.05, 4.69) is 132 Å². The second kappa shape index (κ2) is 22.9. The Labute approximate surface area is 343 Å². The Morgan fingerprint density at radius 3 is 0.815 bits per heavy atom. The lowest BCUT2D eigenvalue weighted by molar-refractivity contribution is -0.355. The molecule has 0 amide bonds. The van der Waals surface area contributed by atoms with Crippen LogP contribution in [0, 0.1) is 43.3 Å². The van der Waals surface area contributed by atoms with E-state index in [0.717, 1.165) is 38.5 Å². The fraction of sp³-hybridized carbons (Fsp3) is 1.00. The van der Waals surface area contributed by atoms with E-state index in [-0.39, 0.29) is 37.9 Å². The monoisotopic (exact) mass is 763 g/mol. The Hall–Kier alpha value is -0.0800. The molecule has 0 fully saturated rings. The van der Waals surface area contributed by atoms with Crippen molar-refractivity contribution in [2.24, 2.45) is 43.3 Å². The normalized spacial score (nSPS) is 15.6. The first-order valence-electron chi connectivity index (χ1n) is 25.0. The SMILES string of the molecule is CCCCCCCC(CC)(CC)C(CC)(CC)C(CC)(CC)C(CC)(CC)C(CC)(CC)C(CC)(CC)C(CC)(CC)C(CC)(CC)C(O)(CC)OCC. The Kier molecular flexibility index (Phi) is 22.9. The van der Waals surface area contributed by atoms with Crippen LogP contribution < -0.4 is 0 Å². The standard InChI is InChI=1S/C52H106O2/c1-20-39-40-41-42-43-44(21-2,22-3)45(23-4,24-5)46(25-6,26-7)47(27-8,28-9)48(29-10,30-11)49(31-12,32-13)50(33-14,34-15)51(35-16,36-17)52(53,37-18)54-38-19/h53H,20-43H2,1-19H3. The third kappa shape index (κ3) is 7.40. The molecule has 2 nitrogen and oxygen atoms in total. The smallest absolute Gasteiger partial charge is 0.171 e. The van der Waals surface area contributed by atoms with E-state index in [0.29, 0.717) is 18.4 Å². The summed E-state index contributed by atoms with van der Waals surface area (Å²) < 4.78 is 6.73. The van der Waals surface area contributed by atoms with Gasteiger partial charge in [-0.1, -0.05) is 157 Å². The number of unbranched alkanes of at least 4 members (excludes halogenated alkanes) is 4. The van der Waals surface area contributed by atoms with E-state index in [1.807, 2.05) is 0 Å². The third-order valence-electron chi connectivity index (χ3n) is 19.7. The molecule has 0 aromatic carbocycles. The van der Waals surface area contributed by atoms with Crippen LogP contribution in [0.3, 0.4) is 0 Å². The van der Waals surface area contributed by atoms with Crippen molar-refractivity contribution in [3.8, 4) is 0 Å². The van der Waals surface area contributed by atoms with Gasteiger partial charge in [-0.15, -0.1) is 0 Å². The molecular weight excluding hydrogens is 657 g/mol. The van der Waals surface area contributed by atoms with Crippen molar-refractivity contribution in [3.05, 3.63) is 0 Å². The summed E-state index contributed by atoms with van der Waals surface area (Å²) in [6, 6.07) is 0. The van der Waals surface area contributed by atoms with E-state index in [4.69, 9.17) is 4.74 Å². The molecule has 0 heterocycles. The van der Waals surface area contributed by atoms with Gasteiger partial charge < -0.3 is 9.84 Å². The fourth-order valence-corrected chi connectivity index (χ4v) is 17.7. The molecule has 0 rings (SSSR count). The first-order valence-corrected chi connectivity index (χ1v) is 25.0. The molecule has 0 aliphatic carbocycles. The van der Waals surface area contributed by atoms with Crippen molar-refractivity contribution in [2.45, 2.75) is 285 Å². The van der Waals surface area contributed by atoms with Crippen LogP contribution in [0.25, 0.3) is 0 Å². The van der Waals surface area contributed by atoms with Gasteiger partial charge in [0.25, 0.3) is 0 Å². The van der Waals surface area contributed by atoms with Crippen molar-refractivity contribution < 1.29 is 9.84 Å². The summed E-state index contributed by atoms with van der Waals surface area (Å²) in [6.07, 6.45) is 27.5. The Balaban J connectivity index is 9.26. The lowest BCUT2D eigenvalue weighted by atomic mass is 9.26. The largest absolute Gasteiger partial charge is 0.365 e. The molecule has 1 atom stereocenters. The van der Waals surface area contributed by atoms with Crippen molar-refractivity contribution >= 4 is 0 Å². The summed E-state index contributed by atoms with van der Waals surface area (Å²) in [4.78, 5) is 0. The van der Waals surface area contributed by atoms with E-state index in [9.17, 15) is 5.11 Å². The topological polar surface area (TPSA) is 29.5 Å². The highest BCUT2D eigenvalue weighted by Crippen LogP contribution is 2.82. The number of rotatable bonds is 33. The van der Waals surface area contributed by atoms with E-state index >= 15 is 0 Å². The first kappa shape index (κ1) is 53.9. The molecule has 0 spiro atoms. The number of hydrogen-bond acceptors (Lipinski definition) is 2. The number of aliphatic hydroxyl groups is 1. The fourth-order valence-electron chi connectivity index (χ4n) is 17.7. The molecule has 0 saturated carbocycles. The van der Waals surface area contributed by atoms with Crippen molar-refractivity contribution in [3.63, 3.8) is 0 Å². The molecule has 1 unspecified atom stereocenters. The second-order valence-electron chi connectivity index (χ2n) is 18.2. The van der Waals surface area contributed by atoms with Crippen LogP contribution in [0.15, 0.2) is 0 Å². The summed E-state index contributed by atoms with van der Waals surface area (Å²) in [5.41, 5.74) is 0.289. The van der Waals surface area contributed by atoms with Crippen LogP contribution in [0.2, 0.25) is 0 Å². The van der Waals surface area contributed by atoms with Gasteiger partial charge in [0.1, 0.15) is 0 Å². The quantitative estimate of drug-likeness (QED) is 0.0533. The van der Waals surface area contributed by atoms with Crippen LogP contribution in [0.1, 0.15) is 279 Å². The minimum atomic E-state index is -1.18. The van der Waals surface area contributed by atoms with Gasteiger partial charge in [0.15, 0.2) is 5.79 Å². The van der Waals surface area contributed by atoms with Crippen molar-refractivity contribution in [1.82, 2.24) is 0 Å². The average molecular weight is 763 g/mol. The van der Waals surface area contributed by atoms with Crippen LogP contribution in [0.5, 0.6) is 0 Å². The molecule has 2 heteroatoms. The molecule has 0 aliphatic heterocycles. The van der Waals surface area contributed by atoms with Crippen molar-refractivity contribution in [2.75, 3.05) is 6.61 Å². The maximum Gasteiger partial charge on any atom is 0.171 e. The van der Waals surface area contributed by atoms with Gasteiger partial charge in [0.05, 0.1) is 0 Å². The third-order valence-corrected chi connectivity index (χ3v) is 19.7. The number of ether oxygens (including phenoxy) is 1. The predicted octanol–water partition coefficient (Wildman–Crippen LogP) is 17.9. The average Bonchev–Trinajstić information content (AvgIpc) is 3.21. The number of hydrogen-bond donors (Lipinski definition) is 1. The molecule has 0 radical (unpaired) electrons. The summed E-state index contributed by atoms with van der Waals surface area (Å²) in [5, 5.41) is 13.2. The first-order chi connectivity index (χ1) is 25.7. The van der Waals surface area contributed by atoms with E-state index < -0.39 is 5.79 Å². The highest BCUT2D eigenvalue weighted by atomic mass is 16.6. The molecule has 0 aliphatic rings. The Morgan fingerprint density at radius 2 is 0.574 bits per heavy atom. The molecular formula is C52H106O2. The highest BCUT2D eigenvalue weighted by Gasteiger charge is 2.76. The van der Waals surface area contributed by atoms with E-state index in [1.54, 1.807) is 0 Å². The molecule has 326 valence electrons. The lowest BCUT2D eigenvalue weighted by Crippen LogP contribution is -2.73. The van der Waals surface area contributed by atoms with Crippen molar-refractivity contribution in [1.29, 1.82) is 0 Å². The summed E-state index contributed by atoms with van der Waals surface area (Å²) in [5.74, 6) is -1.18. The molecule has 54 heavy (non-hydrogen) atoms. The van der Waals surface area contributed by atoms with Gasteiger partial charge in [-0.2, -0.15) is 0 Å². The summed E-state index contributed by atoms with van der Waals surface area (Å²) in [7, 11) is 0. The molecule has 0 aromatic heterocycles. The van der Waals surface area contributed by atoms with Crippen LogP contribution >= 0.6 is 0 Å². The zero-order valence-corrected chi connectivity index (χ0v) is 41.3. The van der Waals surface area contributed by atoms with Crippen LogP contribution in [0.4, 0.5) is 0 Å². The maximum absolute atomic E-state index is 13.2.